The van der Waals surface area contributed by atoms with E-state index >= 15 is 0 Å². The molecule has 0 N–H and O–H groups in total. The molecule has 0 radical (unpaired) electrons. The molecule has 1 amide bonds. The second-order valence-corrected chi connectivity index (χ2v) is 6.48. The normalized spacial score (nSPS) is 19.1. The minimum absolute atomic E-state index is 0.0368. The lowest BCUT2D eigenvalue weighted by molar-refractivity contribution is -0.116. The van der Waals surface area contributed by atoms with Crippen molar-refractivity contribution in [2.75, 3.05) is 11.4 Å². The summed E-state index contributed by atoms with van der Waals surface area (Å²) in [6, 6.07) is 6.39. The fourth-order valence-corrected chi connectivity index (χ4v) is 3.98. The Balaban J connectivity index is 1.77. The number of carbonyl (C=O) groups is 1. The summed E-state index contributed by atoms with van der Waals surface area (Å²) >= 11 is 2.98. The van der Waals surface area contributed by atoms with Crippen molar-refractivity contribution in [2.45, 2.75) is 16.0 Å². The Morgan fingerprint density at radius 3 is 3.00 bits per heavy atom. The highest BCUT2D eigenvalue weighted by molar-refractivity contribution is 8.02. The standard InChI is InChI=1S/C13H11FN2OS2/c14-9-3-1-2-4-10(9)16-7-5-11(12(16)17)19-13-15-6-8-18-13/h1-4,6,8,11H,5,7H2/t11-/m0/s1. The van der Waals surface area contributed by atoms with Gasteiger partial charge in [0, 0.05) is 18.1 Å². The maximum absolute atomic E-state index is 13.7. The molecular formula is C13H11FN2OS2. The van der Waals surface area contributed by atoms with Crippen LogP contribution in [0.2, 0.25) is 0 Å². The summed E-state index contributed by atoms with van der Waals surface area (Å²) in [6.07, 6.45) is 2.44. The zero-order valence-electron chi connectivity index (χ0n) is 9.95. The third-order valence-corrected chi connectivity index (χ3v) is 5.12. The molecule has 0 bridgehead atoms. The van der Waals surface area contributed by atoms with Gasteiger partial charge in [-0.3, -0.25) is 4.79 Å². The fourth-order valence-electron chi connectivity index (χ4n) is 2.06. The Kier molecular flexibility index (Phi) is 3.52. The molecule has 1 saturated heterocycles. The largest absolute Gasteiger partial charge is 0.309 e. The Bertz CT molecular complexity index is 588. The molecule has 2 heterocycles. The van der Waals surface area contributed by atoms with Gasteiger partial charge in [0.25, 0.3) is 0 Å². The van der Waals surface area contributed by atoms with Gasteiger partial charge >= 0.3 is 0 Å². The molecule has 0 saturated carbocycles. The first-order chi connectivity index (χ1) is 9.25. The number of carbonyl (C=O) groups excluding carboxylic acids is 1. The first-order valence-electron chi connectivity index (χ1n) is 5.88. The van der Waals surface area contributed by atoms with Gasteiger partial charge in [-0.15, -0.1) is 11.3 Å². The average Bonchev–Trinajstić information content (AvgIpc) is 3.03. The number of hydrogen-bond acceptors (Lipinski definition) is 4. The van der Waals surface area contributed by atoms with Crippen LogP contribution in [0.5, 0.6) is 0 Å². The predicted octanol–water partition coefficient (Wildman–Crippen LogP) is 3.18. The molecule has 2 aromatic rings. The molecule has 98 valence electrons. The number of anilines is 1. The van der Waals surface area contributed by atoms with Gasteiger partial charge < -0.3 is 4.90 Å². The first kappa shape index (κ1) is 12.6. The number of nitrogens with zero attached hydrogens (tertiary/aromatic N) is 2. The van der Waals surface area contributed by atoms with E-state index in [0.717, 1.165) is 10.8 Å². The lowest BCUT2D eigenvalue weighted by atomic mass is 10.3. The van der Waals surface area contributed by atoms with Gasteiger partial charge in [-0.05, 0) is 18.6 Å². The molecule has 3 nitrogen and oxygen atoms in total. The highest BCUT2D eigenvalue weighted by Crippen LogP contribution is 2.34. The van der Waals surface area contributed by atoms with E-state index in [0.29, 0.717) is 12.2 Å². The predicted molar refractivity (Wildman–Crippen MR) is 75.1 cm³/mol. The van der Waals surface area contributed by atoms with Crippen molar-refractivity contribution >= 4 is 34.7 Å². The van der Waals surface area contributed by atoms with Gasteiger partial charge in [-0.25, -0.2) is 9.37 Å². The number of amides is 1. The molecule has 6 heteroatoms. The number of para-hydroxylation sites is 1. The van der Waals surface area contributed by atoms with Gasteiger partial charge in [0.2, 0.25) is 5.91 Å². The van der Waals surface area contributed by atoms with E-state index in [1.54, 1.807) is 24.4 Å². The first-order valence-corrected chi connectivity index (χ1v) is 7.63. The second kappa shape index (κ2) is 5.30. The summed E-state index contributed by atoms with van der Waals surface area (Å²) < 4.78 is 14.6. The van der Waals surface area contributed by atoms with Crippen LogP contribution in [0, 0.1) is 5.82 Å². The lowest BCUT2D eigenvalue weighted by Crippen LogP contribution is -2.28. The van der Waals surface area contributed by atoms with Crippen molar-refractivity contribution in [2.24, 2.45) is 0 Å². The zero-order chi connectivity index (χ0) is 13.2. The van der Waals surface area contributed by atoms with Gasteiger partial charge in [-0.2, -0.15) is 0 Å². The van der Waals surface area contributed by atoms with Crippen molar-refractivity contribution in [1.29, 1.82) is 0 Å². The Hall–Kier alpha value is -1.40. The number of thioether (sulfide) groups is 1. The molecule has 1 fully saturated rings. The minimum Gasteiger partial charge on any atom is -0.309 e. The summed E-state index contributed by atoms with van der Waals surface area (Å²) in [4.78, 5) is 18.0. The molecule has 1 aliphatic rings. The third kappa shape index (κ3) is 2.50. The third-order valence-electron chi connectivity index (χ3n) is 2.95. The van der Waals surface area contributed by atoms with Crippen molar-refractivity contribution in [1.82, 2.24) is 4.98 Å². The van der Waals surface area contributed by atoms with E-state index in [2.05, 4.69) is 4.98 Å². The molecular weight excluding hydrogens is 283 g/mol. The maximum atomic E-state index is 13.7. The van der Waals surface area contributed by atoms with E-state index in [-0.39, 0.29) is 17.0 Å². The molecule has 1 aliphatic heterocycles. The topological polar surface area (TPSA) is 33.2 Å². The van der Waals surface area contributed by atoms with E-state index in [1.165, 1.54) is 34.1 Å². The highest BCUT2D eigenvalue weighted by Gasteiger charge is 2.34. The van der Waals surface area contributed by atoms with Crippen LogP contribution < -0.4 is 4.90 Å². The van der Waals surface area contributed by atoms with E-state index in [1.807, 2.05) is 5.38 Å². The van der Waals surface area contributed by atoms with E-state index < -0.39 is 0 Å². The monoisotopic (exact) mass is 294 g/mol. The van der Waals surface area contributed by atoms with Crippen LogP contribution in [0.3, 0.4) is 0 Å². The molecule has 0 unspecified atom stereocenters. The smallest absolute Gasteiger partial charge is 0.240 e. The number of hydrogen-bond donors (Lipinski definition) is 0. The lowest BCUT2D eigenvalue weighted by Gasteiger charge is -2.16. The summed E-state index contributed by atoms with van der Waals surface area (Å²) in [6.45, 7) is 0.558. The average molecular weight is 294 g/mol. The fraction of sp³-hybridized carbons (Fsp3) is 0.231. The van der Waals surface area contributed by atoms with Gasteiger partial charge in [-0.1, -0.05) is 23.9 Å². The SMILES string of the molecule is O=C1[C@@H](Sc2nccs2)CCN1c1ccccc1F. The Morgan fingerprint density at radius 1 is 1.42 bits per heavy atom. The quantitative estimate of drug-likeness (QED) is 0.871. The van der Waals surface area contributed by atoms with Crippen LogP contribution in [0.1, 0.15) is 6.42 Å². The molecule has 1 atom stereocenters. The van der Waals surface area contributed by atoms with Crippen LogP contribution in [-0.2, 0) is 4.79 Å². The molecule has 0 spiro atoms. The van der Waals surface area contributed by atoms with Gasteiger partial charge in [0.05, 0.1) is 10.9 Å². The summed E-state index contributed by atoms with van der Waals surface area (Å²) in [7, 11) is 0. The number of thiazole rings is 1. The minimum atomic E-state index is -0.351. The highest BCUT2D eigenvalue weighted by atomic mass is 32.2. The van der Waals surface area contributed by atoms with Crippen LogP contribution in [0.15, 0.2) is 40.2 Å². The molecule has 1 aromatic carbocycles. The number of aromatic nitrogens is 1. The number of benzene rings is 1. The number of halogens is 1. The maximum Gasteiger partial charge on any atom is 0.240 e. The van der Waals surface area contributed by atoms with Crippen molar-refractivity contribution in [3.05, 3.63) is 41.7 Å². The summed E-state index contributed by atoms with van der Waals surface area (Å²) in [5.74, 6) is -0.388. The van der Waals surface area contributed by atoms with Crippen LogP contribution >= 0.6 is 23.1 Å². The van der Waals surface area contributed by atoms with Crippen LogP contribution in [-0.4, -0.2) is 22.7 Å². The summed E-state index contributed by atoms with van der Waals surface area (Å²) in [5, 5.41) is 1.72. The van der Waals surface area contributed by atoms with Crippen LogP contribution in [0.4, 0.5) is 10.1 Å². The number of rotatable bonds is 3. The molecule has 1 aromatic heterocycles. The van der Waals surface area contributed by atoms with Gasteiger partial charge in [0.1, 0.15) is 5.82 Å². The Morgan fingerprint density at radius 2 is 2.26 bits per heavy atom. The molecule has 3 rings (SSSR count). The molecule has 19 heavy (non-hydrogen) atoms. The summed E-state index contributed by atoms with van der Waals surface area (Å²) in [5.41, 5.74) is 0.370. The van der Waals surface area contributed by atoms with E-state index in [4.69, 9.17) is 0 Å². The van der Waals surface area contributed by atoms with Crippen molar-refractivity contribution in [3.63, 3.8) is 0 Å². The Labute approximate surface area is 118 Å². The van der Waals surface area contributed by atoms with E-state index in [9.17, 15) is 9.18 Å². The molecule has 0 aliphatic carbocycles. The second-order valence-electron chi connectivity index (χ2n) is 4.13. The van der Waals surface area contributed by atoms with Crippen LogP contribution in [0.25, 0.3) is 0 Å². The van der Waals surface area contributed by atoms with Gasteiger partial charge in [0.15, 0.2) is 4.34 Å². The van der Waals surface area contributed by atoms with Crippen molar-refractivity contribution < 1.29 is 9.18 Å². The zero-order valence-corrected chi connectivity index (χ0v) is 11.6. The van der Waals surface area contributed by atoms with Crippen molar-refractivity contribution in [3.8, 4) is 0 Å².